The third kappa shape index (κ3) is 1.74. The Labute approximate surface area is 92.1 Å². The second-order valence-corrected chi connectivity index (χ2v) is 4.52. The molecule has 1 aromatic rings. The Kier molecular flexibility index (Phi) is 2.70. The van der Waals surface area contributed by atoms with Crippen LogP contribution in [0.3, 0.4) is 0 Å². The quantitative estimate of drug-likeness (QED) is 0.802. The highest BCUT2D eigenvalue weighted by molar-refractivity contribution is 5.61. The van der Waals surface area contributed by atoms with E-state index < -0.39 is 0 Å². The van der Waals surface area contributed by atoms with Gasteiger partial charge >= 0.3 is 0 Å². The predicted octanol–water partition coefficient (Wildman–Crippen LogP) is 2.48. The first-order valence-electron chi connectivity index (χ1n) is 5.78. The largest absolute Gasteiger partial charge is 0.369 e. The van der Waals surface area contributed by atoms with E-state index in [4.69, 9.17) is 5.73 Å². The van der Waals surface area contributed by atoms with Crippen molar-refractivity contribution >= 4 is 5.69 Å². The summed E-state index contributed by atoms with van der Waals surface area (Å²) in [5, 5.41) is 0. The first-order chi connectivity index (χ1) is 7.13. The van der Waals surface area contributed by atoms with Crippen molar-refractivity contribution in [3.8, 4) is 0 Å². The molecular weight excluding hydrogens is 184 g/mol. The highest BCUT2D eigenvalue weighted by Gasteiger charge is 2.24. The van der Waals surface area contributed by atoms with Crippen LogP contribution in [-0.4, -0.2) is 12.6 Å². The van der Waals surface area contributed by atoms with Crippen molar-refractivity contribution < 1.29 is 0 Å². The molecule has 0 saturated heterocycles. The first kappa shape index (κ1) is 10.5. The van der Waals surface area contributed by atoms with Gasteiger partial charge in [-0.15, -0.1) is 0 Å². The summed E-state index contributed by atoms with van der Waals surface area (Å²) in [4.78, 5) is 2.46. The molecule has 0 saturated carbocycles. The molecule has 0 fully saturated rings. The maximum Gasteiger partial charge on any atom is 0.0405 e. The highest BCUT2D eigenvalue weighted by atomic mass is 15.2. The van der Waals surface area contributed by atoms with Crippen LogP contribution in [-0.2, 0) is 6.42 Å². The molecule has 82 valence electrons. The molecule has 15 heavy (non-hydrogen) atoms. The van der Waals surface area contributed by atoms with E-state index in [0.29, 0.717) is 6.04 Å². The summed E-state index contributed by atoms with van der Waals surface area (Å²) in [5.41, 5.74) is 10.0. The fourth-order valence-corrected chi connectivity index (χ4v) is 2.45. The highest BCUT2D eigenvalue weighted by Crippen LogP contribution is 2.33. The molecule has 0 spiro atoms. The number of benzene rings is 1. The number of nitrogens with zero attached hydrogens (tertiary/aromatic N) is 1. The lowest BCUT2D eigenvalue weighted by Crippen LogP contribution is -2.28. The third-order valence-corrected chi connectivity index (χ3v) is 3.33. The third-order valence-electron chi connectivity index (χ3n) is 3.33. The molecule has 2 nitrogen and oxygen atoms in total. The molecule has 1 aliphatic rings. The summed E-state index contributed by atoms with van der Waals surface area (Å²) < 4.78 is 0. The van der Waals surface area contributed by atoms with E-state index >= 15 is 0 Å². The summed E-state index contributed by atoms with van der Waals surface area (Å²) in [6, 6.07) is 7.42. The molecule has 2 unspecified atom stereocenters. The smallest absolute Gasteiger partial charge is 0.0405 e. The summed E-state index contributed by atoms with van der Waals surface area (Å²) in [6.07, 6.45) is 1.17. The van der Waals surface area contributed by atoms with Crippen LogP contribution in [0.25, 0.3) is 0 Å². The van der Waals surface area contributed by atoms with Gasteiger partial charge in [-0.2, -0.15) is 0 Å². The maximum atomic E-state index is 5.91. The summed E-state index contributed by atoms with van der Waals surface area (Å²) >= 11 is 0. The zero-order valence-electron chi connectivity index (χ0n) is 9.83. The number of anilines is 1. The van der Waals surface area contributed by atoms with Crippen molar-refractivity contribution in [3.05, 3.63) is 29.3 Å². The van der Waals surface area contributed by atoms with Crippen molar-refractivity contribution in [3.63, 3.8) is 0 Å². The number of hydrogen-bond acceptors (Lipinski definition) is 2. The van der Waals surface area contributed by atoms with Gasteiger partial charge in [-0.3, -0.25) is 0 Å². The standard InChI is InChI=1S/C13H20N2/c1-4-15-9(2)7-12-6-5-11(10(3)14)8-13(12)15/h5-6,8-10H,4,7,14H2,1-3H3. The second kappa shape index (κ2) is 3.86. The molecule has 1 aromatic carbocycles. The van der Waals surface area contributed by atoms with Gasteiger partial charge in [0.05, 0.1) is 0 Å². The molecule has 0 aliphatic carbocycles. The fourth-order valence-electron chi connectivity index (χ4n) is 2.45. The van der Waals surface area contributed by atoms with Crippen LogP contribution in [0.1, 0.15) is 37.9 Å². The van der Waals surface area contributed by atoms with Gasteiger partial charge in [0.25, 0.3) is 0 Å². The van der Waals surface area contributed by atoms with Gasteiger partial charge in [-0.25, -0.2) is 0 Å². The van der Waals surface area contributed by atoms with Crippen LogP contribution in [0.5, 0.6) is 0 Å². The number of likely N-dealkylation sites (N-methyl/N-ethyl adjacent to an activating group) is 1. The minimum atomic E-state index is 0.130. The molecule has 1 heterocycles. The van der Waals surface area contributed by atoms with Gasteiger partial charge in [0.1, 0.15) is 0 Å². The Balaban J connectivity index is 2.40. The van der Waals surface area contributed by atoms with E-state index in [9.17, 15) is 0 Å². The first-order valence-corrected chi connectivity index (χ1v) is 5.78. The Morgan fingerprint density at radius 2 is 2.27 bits per heavy atom. The molecule has 2 rings (SSSR count). The molecular formula is C13H20N2. The van der Waals surface area contributed by atoms with Gasteiger partial charge < -0.3 is 10.6 Å². The van der Waals surface area contributed by atoms with Gasteiger partial charge in [-0.1, -0.05) is 12.1 Å². The molecule has 2 heteroatoms. The topological polar surface area (TPSA) is 29.3 Å². The second-order valence-electron chi connectivity index (χ2n) is 4.52. The van der Waals surface area contributed by atoms with Crippen molar-refractivity contribution in [1.29, 1.82) is 0 Å². The van der Waals surface area contributed by atoms with Crippen LogP contribution in [0.15, 0.2) is 18.2 Å². The monoisotopic (exact) mass is 204 g/mol. The molecule has 0 bridgehead atoms. The predicted molar refractivity (Wildman–Crippen MR) is 65.2 cm³/mol. The Morgan fingerprint density at radius 3 is 2.87 bits per heavy atom. The van der Waals surface area contributed by atoms with Crippen molar-refractivity contribution in [2.24, 2.45) is 5.73 Å². The zero-order chi connectivity index (χ0) is 11.0. The fraction of sp³-hybridized carbons (Fsp3) is 0.538. The van der Waals surface area contributed by atoms with E-state index in [1.54, 1.807) is 0 Å². The van der Waals surface area contributed by atoms with Crippen molar-refractivity contribution in [1.82, 2.24) is 0 Å². The van der Waals surface area contributed by atoms with Gasteiger partial charge in [-0.05, 0) is 44.4 Å². The van der Waals surface area contributed by atoms with E-state index in [0.717, 1.165) is 6.54 Å². The van der Waals surface area contributed by atoms with Crippen LogP contribution in [0.2, 0.25) is 0 Å². The van der Waals surface area contributed by atoms with Crippen LogP contribution in [0, 0.1) is 0 Å². The summed E-state index contributed by atoms with van der Waals surface area (Å²) in [6.45, 7) is 7.62. The Bertz CT molecular complexity index is 358. The van der Waals surface area contributed by atoms with Gasteiger partial charge in [0.15, 0.2) is 0 Å². The Hall–Kier alpha value is -1.02. The van der Waals surface area contributed by atoms with Gasteiger partial charge in [0.2, 0.25) is 0 Å². The normalized spacial score (nSPS) is 21.6. The number of nitrogens with two attached hydrogens (primary N) is 1. The number of rotatable bonds is 2. The molecule has 0 aromatic heterocycles. The Morgan fingerprint density at radius 1 is 1.53 bits per heavy atom. The van der Waals surface area contributed by atoms with Crippen LogP contribution in [0.4, 0.5) is 5.69 Å². The van der Waals surface area contributed by atoms with E-state index in [-0.39, 0.29) is 6.04 Å². The van der Waals surface area contributed by atoms with Crippen molar-refractivity contribution in [2.75, 3.05) is 11.4 Å². The summed E-state index contributed by atoms with van der Waals surface area (Å²) in [7, 11) is 0. The lowest BCUT2D eigenvalue weighted by Gasteiger charge is -2.23. The van der Waals surface area contributed by atoms with Crippen LogP contribution >= 0.6 is 0 Å². The average molecular weight is 204 g/mol. The van der Waals surface area contributed by atoms with E-state index in [1.165, 1.54) is 23.2 Å². The molecule has 1 aliphatic heterocycles. The molecule has 2 N–H and O–H groups in total. The SMILES string of the molecule is CCN1c2cc(C(C)N)ccc2CC1C. The number of hydrogen-bond donors (Lipinski definition) is 1. The molecule has 0 amide bonds. The van der Waals surface area contributed by atoms with Gasteiger partial charge in [0, 0.05) is 24.3 Å². The van der Waals surface area contributed by atoms with Crippen LogP contribution < -0.4 is 10.6 Å². The van der Waals surface area contributed by atoms with E-state index in [2.05, 4.69) is 36.9 Å². The minimum Gasteiger partial charge on any atom is -0.369 e. The molecule has 2 atom stereocenters. The van der Waals surface area contributed by atoms with Crippen molar-refractivity contribution in [2.45, 2.75) is 39.3 Å². The molecule has 0 radical (unpaired) electrons. The lowest BCUT2D eigenvalue weighted by atomic mass is 10.0. The van der Waals surface area contributed by atoms with E-state index in [1.807, 2.05) is 6.92 Å². The summed E-state index contributed by atoms with van der Waals surface area (Å²) in [5.74, 6) is 0. The zero-order valence-corrected chi connectivity index (χ0v) is 9.83. The lowest BCUT2D eigenvalue weighted by molar-refractivity contribution is 0.690. The maximum absolute atomic E-state index is 5.91. The average Bonchev–Trinajstić information content (AvgIpc) is 2.51. The number of fused-ring (bicyclic) bond motifs is 1. The minimum absolute atomic E-state index is 0.130.